The van der Waals surface area contributed by atoms with Gasteiger partial charge >= 0.3 is 5.97 Å². The monoisotopic (exact) mass is 399 g/mol. The number of nitrogens with zero attached hydrogens (tertiary/aromatic N) is 1. The minimum atomic E-state index is -0.931. The Morgan fingerprint density at radius 1 is 1.17 bits per heavy atom. The Hall–Kier alpha value is -3.35. The molecule has 0 radical (unpaired) electrons. The molecule has 0 saturated heterocycles. The van der Waals surface area contributed by atoms with Crippen LogP contribution >= 0.6 is 0 Å². The molecule has 3 rings (SSSR count). The lowest BCUT2D eigenvalue weighted by Gasteiger charge is -2.13. The Bertz CT molecular complexity index is 989. The van der Waals surface area contributed by atoms with Crippen molar-refractivity contribution in [1.29, 1.82) is 0 Å². The fourth-order valence-corrected chi connectivity index (χ4v) is 2.98. The highest BCUT2D eigenvalue weighted by Crippen LogP contribution is 2.18. The molecule has 0 saturated carbocycles. The topological polar surface area (TPSA) is 70.7 Å². The largest absolute Gasteiger partial charge is 0.479 e. The average molecular weight is 399 g/mol. The molecule has 152 valence electrons. The highest BCUT2D eigenvalue weighted by Gasteiger charge is 2.21. The lowest BCUT2D eigenvalue weighted by Crippen LogP contribution is -2.28. The number of carbonyl (C=O) groups is 2. The van der Waals surface area contributed by atoms with Crippen LogP contribution in [-0.2, 0) is 16.1 Å². The SMILES string of the molecule is Cc1cc(C(=O)COC(=O)[C@H](C)Oc2ccc(F)cc2)c(C)n1Cc1ccco1. The fraction of sp³-hybridized carbons (Fsp3) is 0.273. The van der Waals surface area contributed by atoms with Crippen molar-refractivity contribution in [3.63, 3.8) is 0 Å². The smallest absolute Gasteiger partial charge is 0.347 e. The molecular formula is C22H22FNO5. The summed E-state index contributed by atoms with van der Waals surface area (Å²) in [6.07, 6.45) is 0.670. The van der Waals surface area contributed by atoms with Crippen LogP contribution in [0, 0.1) is 19.7 Å². The molecule has 0 unspecified atom stereocenters. The minimum Gasteiger partial charge on any atom is -0.479 e. The van der Waals surface area contributed by atoms with Crippen LogP contribution in [0.4, 0.5) is 4.39 Å². The molecule has 0 fully saturated rings. The van der Waals surface area contributed by atoms with Gasteiger partial charge in [-0.05, 0) is 63.2 Å². The minimum absolute atomic E-state index is 0.300. The molecule has 3 aromatic rings. The molecule has 6 nitrogen and oxygen atoms in total. The van der Waals surface area contributed by atoms with Gasteiger partial charge in [-0.25, -0.2) is 9.18 Å². The van der Waals surface area contributed by atoms with Gasteiger partial charge in [-0.1, -0.05) is 0 Å². The number of hydrogen-bond donors (Lipinski definition) is 0. The number of furan rings is 1. The van der Waals surface area contributed by atoms with Crippen LogP contribution in [0.2, 0.25) is 0 Å². The van der Waals surface area contributed by atoms with Gasteiger partial charge in [0, 0.05) is 17.0 Å². The first-order chi connectivity index (χ1) is 13.8. The van der Waals surface area contributed by atoms with Crippen molar-refractivity contribution in [3.05, 3.63) is 77.3 Å². The van der Waals surface area contributed by atoms with Gasteiger partial charge in [-0.15, -0.1) is 0 Å². The van der Waals surface area contributed by atoms with Gasteiger partial charge in [0.25, 0.3) is 0 Å². The van der Waals surface area contributed by atoms with E-state index >= 15 is 0 Å². The summed E-state index contributed by atoms with van der Waals surface area (Å²) < 4.78 is 30.8. The van der Waals surface area contributed by atoms with Crippen LogP contribution in [-0.4, -0.2) is 29.0 Å². The second kappa shape index (κ2) is 8.77. The van der Waals surface area contributed by atoms with E-state index in [0.717, 1.165) is 17.1 Å². The van der Waals surface area contributed by atoms with Gasteiger partial charge < -0.3 is 18.5 Å². The number of ether oxygens (including phenoxy) is 2. The zero-order valence-corrected chi connectivity index (χ0v) is 16.5. The number of hydrogen-bond acceptors (Lipinski definition) is 5. The van der Waals surface area contributed by atoms with E-state index in [2.05, 4.69) is 0 Å². The Kier molecular flexibility index (Phi) is 6.16. The third-order valence-corrected chi connectivity index (χ3v) is 4.57. The van der Waals surface area contributed by atoms with Gasteiger partial charge in [-0.3, -0.25) is 4.79 Å². The summed E-state index contributed by atoms with van der Waals surface area (Å²) in [6, 6.07) is 10.7. The summed E-state index contributed by atoms with van der Waals surface area (Å²) in [4.78, 5) is 24.7. The number of aryl methyl sites for hydroxylation is 1. The molecule has 2 aromatic heterocycles. The standard InChI is InChI=1S/C22H22FNO5/c1-14-11-20(15(2)24(14)12-19-5-4-10-27-19)21(25)13-28-22(26)16(3)29-18-8-6-17(23)7-9-18/h4-11,16H,12-13H2,1-3H3/t16-/m0/s1. The maximum absolute atomic E-state index is 12.9. The molecule has 0 aliphatic rings. The van der Waals surface area contributed by atoms with Crippen molar-refractivity contribution in [1.82, 2.24) is 4.57 Å². The maximum atomic E-state index is 12.9. The summed E-state index contributed by atoms with van der Waals surface area (Å²) in [7, 11) is 0. The van der Waals surface area contributed by atoms with Crippen molar-refractivity contribution in [2.24, 2.45) is 0 Å². The number of ketones is 1. The van der Waals surface area contributed by atoms with E-state index in [1.54, 1.807) is 12.3 Å². The molecule has 7 heteroatoms. The average Bonchev–Trinajstić information content (AvgIpc) is 3.31. The van der Waals surface area contributed by atoms with Gasteiger partial charge in [0.05, 0.1) is 12.8 Å². The van der Waals surface area contributed by atoms with Crippen LogP contribution in [0.25, 0.3) is 0 Å². The maximum Gasteiger partial charge on any atom is 0.347 e. The van der Waals surface area contributed by atoms with E-state index in [1.165, 1.54) is 31.2 Å². The van der Waals surface area contributed by atoms with Crippen molar-refractivity contribution >= 4 is 11.8 Å². The number of benzene rings is 1. The first-order valence-electron chi connectivity index (χ1n) is 9.16. The van der Waals surface area contributed by atoms with Crippen LogP contribution in [0.5, 0.6) is 5.75 Å². The Labute approximate surface area is 167 Å². The first-order valence-corrected chi connectivity index (χ1v) is 9.16. The molecule has 0 aliphatic carbocycles. The number of Topliss-reactive ketones (excluding diaryl/α,β-unsaturated/α-hetero) is 1. The first kappa shape index (κ1) is 20.4. The summed E-state index contributed by atoms with van der Waals surface area (Å²) in [5, 5.41) is 0. The molecule has 1 atom stereocenters. The molecule has 2 heterocycles. The molecule has 0 aliphatic heterocycles. The zero-order chi connectivity index (χ0) is 21.0. The van der Waals surface area contributed by atoms with Gasteiger partial charge in [0.15, 0.2) is 12.7 Å². The van der Waals surface area contributed by atoms with Gasteiger partial charge in [0.2, 0.25) is 5.78 Å². The third kappa shape index (κ3) is 4.93. The number of esters is 1. The van der Waals surface area contributed by atoms with Crippen molar-refractivity contribution < 1.29 is 27.9 Å². The number of carbonyl (C=O) groups excluding carboxylic acids is 2. The molecule has 1 aromatic carbocycles. The van der Waals surface area contributed by atoms with Gasteiger partial charge in [0.1, 0.15) is 17.3 Å². The molecule has 0 amide bonds. The van der Waals surface area contributed by atoms with Crippen LogP contribution in [0.15, 0.2) is 53.1 Å². The lowest BCUT2D eigenvalue weighted by molar-refractivity contribution is -0.149. The van der Waals surface area contributed by atoms with E-state index < -0.39 is 17.9 Å². The number of halogens is 1. The van der Waals surface area contributed by atoms with Gasteiger partial charge in [-0.2, -0.15) is 0 Å². The number of rotatable bonds is 8. The predicted octanol–water partition coefficient (Wildman–Crippen LogP) is 4.08. The van der Waals surface area contributed by atoms with E-state index in [1.807, 2.05) is 30.5 Å². The van der Waals surface area contributed by atoms with Crippen LogP contribution < -0.4 is 4.74 Å². The molecule has 0 bridgehead atoms. The third-order valence-electron chi connectivity index (χ3n) is 4.57. The van der Waals surface area contributed by atoms with Crippen LogP contribution in [0.3, 0.4) is 0 Å². The second-order valence-electron chi connectivity index (χ2n) is 6.70. The van der Waals surface area contributed by atoms with E-state index in [-0.39, 0.29) is 12.4 Å². The molecule has 29 heavy (non-hydrogen) atoms. The quantitative estimate of drug-likeness (QED) is 0.422. The van der Waals surface area contributed by atoms with Crippen molar-refractivity contribution in [2.75, 3.05) is 6.61 Å². The lowest BCUT2D eigenvalue weighted by atomic mass is 10.1. The van der Waals surface area contributed by atoms with E-state index in [9.17, 15) is 14.0 Å². The highest BCUT2D eigenvalue weighted by molar-refractivity contribution is 5.99. The van der Waals surface area contributed by atoms with Crippen LogP contribution in [0.1, 0.15) is 34.4 Å². The summed E-state index contributed by atoms with van der Waals surface area (Å²) >= 11 is 0. The summed E-state index contributed by atoms with van der Waals surface area (Å²) in [5.41, 5.74) is 2.17. The molecule has 0 N–H and O–H groups in total. The van der Waals surface area contributed by atoms with Crippen molar-refractivity contribution in [2.45, 2.75) is 33.4 Å². The fourth-order valence-electron chi connectivity index (χ4n) is 2.98. The predicted molar refractivity (Wildman–Crippen MR) is 103 cm³/mol. The number of aromatic nitrogens is 1. The summed E-state index contributed by atoms with van der Waals surface area (Å²) in [5.74, 6) is -0.256. The summed E-state index contributed by atoms with van der Waals surface area (Å²) in [6.45, 7) is 5.37. The normalized spacial score (nSPS) is 11.9. The second-order valence-corrected chi connectivity index (χ2v) is 6.70. The Morgan fingerprint density at radius 2 is 1.90 bits per heavy atom. The molecule has 0 spiro atoms. The highest BCUT2D eigenvalue weighted by atomic mass is 19.1. The zero-order valence-electron chi connectivity index (χ0n) is 16.5. The van der Waals surface area contributed by atoms with E-state index in [4.69, 9.17) is 13.9 Å². The Balaban J connectivity index is 1.58. The molecular weight excluding hydrogens is 377 g/mol. The van der Waals surface area contributed by atoms with Crippen molar-refractivity contribution in [3.8, 4) is 5.75 Å². The Morgan fingerprint density at radius 3 is 2.55 bits per heavy atom. The van der Waals surface area contributed by atoms with E-state index in [0.29, 0.717) is 17.9 Å².